The Bertz CT molecular complexity index is 464. The van der Waals surface area contributed by atoms with E-state index in [9.17, 15) is 9.90 Å². The Balaban J connectivity index is 1.81. The lowest BCUT2D eigenvalue weighted by molar-refractivity contribution is 0.0766. The van der Waals surface area contributed by atoms with Crippen LogP contribution in [0.25, 0.3) is 0 Å². The second-order valence-electron chi connectivity index (χ2n) is 5.69. The maximum atomic E-state index is 12.3. The van der Waals surface area contributed by atoms with Gasteiger partial charge in [-0.05, 0) is 12.8 Å². The number of aliphatic hydroxyl groups is 1. The quantitative estimate of drug-likeness (QED) is 0.828. The van der Waals surface area contributed by atoms with Gasteiger partial charge in [0.05, 0.1) is 18.5 Å². The van der Waals surface area contributed by atoms with Crippen molar-refractivity contribution in [3.63, 3.8) is 0 Å². The van der Waals surface area contributed by atoms with Crippen molar-refractivity contribution < 1.29 is 9.90 Å². The summed E-state index contributed by atoms with van der Waals surface area (Å²) in [5.41, 5.74) is 0.739. The molecule has 1 aliphatic rings. The number of rotatable bonds is 6. The monoisotopic (exact) mass is 309 g/mol. The van der Waals surface area contributed by atoms with Crippen LogP contribution < -0.4 is 5.32 Å². The van der Waals surface area contributed by atoms with Gasteiger partial charge in [0, 0.05) is 45.0 Å². The van der Waals surface area contributed by atoms with Gasteiger partial charge in [0.1, 0.15) is 0 Å². The van der Waals surface area contributed by atoms with Gasteiger partial charge in [-0.3, -0.25) is 9.58 Å². The topological polar surface area (TPSA) is 73.6 Å². The van der Waals surface area contributed by atoms with E-state index >= 15 is 0 Å². The van der Waals surface area contributed by atoms with Crippen molar-refractivity contribution >= 4 is 11.7 Å². The molecule has 7 nitrogen and oxygen atoms in total. The van der Waals surface area contributed by atoms with E-state index < -0.39 is 0 Å². The largest absolute Gasteiger partial charge is 0.395 e. The van der Waals surface area contributed by atoms with Gasteiger partial charge in [-0.1, -0.05) is 13.8 Å². The van der Waals surface area contributed by atoms with E-state index in [0.717, 1.165) is 38.2 Å². The number of aromatic nitrogens is 2. The summed E-state index contributed by atoms with van der Waals surface area (Å²) < 4.78 is 1.83. The zero-order chi connectivity index (χ0) is 15.9. The van der Waals surface area contributed by atoms with Crippen molar-refractivity contribution in [3.05, 3.63) is 12.4 Å². The fourth-order valence-corrected chi connectivity index (χ4v) is 2.77. The Labute approximate surface area is 131 Å². The van der Waals surface area contributed by atoms with Gasteiger partial charge in [-0.25, -0.2) is 4.79 Å². The van der Waals surface area contributed by atoms with Crippen molar-refractivity contribution in [2.24, 2.45) is 0 Å². The molecule has 0 radical (unpaired) electrons. The van der Waals surface area contributed by atoms with Gasteiger partial charge in [0.15, 0.2) is 0 Å². The smallest absolute Gasteiger partial charge is 0.322 e. The molecule has 7 heteroatoms. The summed E-state index contributed by atoms with van der Waals surface area (Å²) in [5.74, 6) is 0. The number of aryl methyl sites for hydroxylation is 1. The van der Waals surface area contributed by atoms with Crippen LogP contribution in [0.15, 0.2) is 12.4 Å². The molecule has 0 spiro atoms. The Morgan fingerprint density at radius 2 is 2.09 bits per heavy atom. The third-order valence-corrected chi connectivity index (χ3v) is 4.14. The molecule has 0 aromatic carbocycles. The van der Waals surface area contributed by atoms with Gasteiger partial charge in [0.2, 0.25) is 0 Å². The van der Waals surface area contributed by atoms with Crippen LogP contribution in [0.3, 0.4) is 0 Å². The normalized spacial score (nSPS) is 17.5. The summed E-state index contributed by atoms with van der Waals surface area (Å²) in [7, 11) is 0. The van der Waals surface area contributed by atoms with Crippen LogP contribution in [0.4, 0.5) is 10.5 Å². The molecule has 1 aromatic heterocycles. The number of aliphatic hydroxyl groups excluding tert-OH is 1. The van der Waals surface area contributed by atoms with Crippen molar-refractivity contribution in [2.45, 2.75) is 39.3 Å². The van der Waals surface area contributed by atoms with Crippen LogP contribution >= 0.6 is 0 Å². The minimum absolute atomic E-state index is 0.0762. The fraction of sp³-hybridized carbons (Fsp3) is 0.733. The third-order valence-electron chi connectivity index (χ3n) is 4.14. The van der Waals surface area contributed by atoms with Crippen LogP contribution in [0.1, 0.15) is 26.7 Å². The van der Waals surface area contributed by atoms with Crippen molar-refractivity contribution in [2.75, 3.05) is 38.1 Å². The van der Waals surface area contributed by atoms with Crippen LogP contribution in [-0.2, 0) is 6.54 Å². The van der Waals surface area contributed by atoms with Crippen LogP contribution in [-0.4, -0.2) is 69.5 Å². The summed E-state index contributed by atoms with van der Waals surface area (Å²) in [6.07, 6.45) is 5.49. The molecule has 2 N–H and O–H groups in total. The Morgan fingerprint density at radius 3 is 2.68 bits per heavy atom. The Hall–Kier alpha value is -1.60. The highest BCUT2D eigenvalue weighted by Gasteiger charge is 2.25. The molecule has 1 unspecified atom stereocenters. The highest BCUT2D eigenvalue weighted by molar-refractivity contribution is 5.89. The van der Waals surface area contributed by atoms with Crippen molar-refractivity contribution in [3.8, 4) is 0 Å². The number of urea groups is 1. The maximum absolute atomic E-state index is 12.3. The summed E-state index contributed by atoms with van der Waals surface area (Å²) in [6.45, 7) is 8.19. The first-order chi connectivity index (χ1) is 10.7. The number of nitrogens with one attached hydrogen (secondary N) is 1. The maximum Gasteiger partial charge on any atom is 0.322 e. The molecule has 0 saturated carbocycles. The lowest BCUT2D eigenvalue weighted by atomic mass is 10.2. The number of piperazine rings is 1. The molecule has 1 fully saturated rings. The molecule has 124 valence electrons. The second kappa shape index (κ2) is 8.14. The van der Waals surface area contributed by atoms with Gasteiger partial charge in [-0.2, -0.15) is 5.10 Å². The lowest BCUT2D eigenvalue weighted by Crippen LogP contribution is -2.53. The van der Waals surface area contributed by atoms with E-state index in [1.165, 1.54) is 0 Å². The number of amides is 2. The molecule has 2 heterocycles. The van der Waals surface area contributed by atoms with E-state index in [4.69, 9.17) is 0 Å². The van der Waals surface area contributed by atoms with E-state index in [1.807, 2.05) is 15.8 Å². The van der Waals surface area contributed by atoms with E-state index in [-0.39, 0.29) is 18.7 Å². The first-order valence-electron chi connectivity index (χ1n) is 8.11. The number of anilines is 1. The molecule has 1 aromatic rings. The molecule has 1 aliphatic heterocycles. The average molecular weight is 309 g/mol. The highest BCUT2D eigenvalue weighted by atomic mass is 16.3. The fourth-order valence-electron chi connectivity index (χ4n) is 2.77. The molecular weight excluding hydrogens is 282 g/mol. The second-order valence-corrected chi connectivity index (χ2v) is 5.69. The molecule has 1 atom stereocenters. The molecule has 2 amide bonds. The highest BCUT2D eigenvalue weighted by Crippen LogP contribution is 2.11. The lowest BCUT2D eigenvalue weighted by Gasteiger charge is -2.38. The summed E-state index contributed by atoms with van der Waals surface area (Å²) in [5, 5.41) is 16.5. The molecule has 22 heavy (non-hydrogen) atoms. The minimum Gasteiger partial charge on any atom is -0.395 e. The summed E-state index contributed by atoms with van der Waals surface area (Å²) in [6, 6.07) is 0.130. The van der Waals surface area contributed by atoms with E-state index in [0.29, 0.717) is 13.1 Å². The third kappa shape index (κ3) is 4.20. The van der Waals surface area contributed by atoms with Crippen LogP contribution in [0.2, 0.25) is 0 Å². The number of carbonyl (C=O) groups is 1. The Kier molecular flexibility index (Phi) is 6.21. The van der Waals surface area contributed by atoms with Gasteiger partial charge >= 0.3 is 6.03 Å². The minimum atomic E-state index is -0.0762. The van der Waals surface area contributed by atoms with Crippen molar-refractivity contribution in [1.82, 2.24) is 19.6 Å². The zero-order valence-corrected chi connectivity index (χ0v) is 13.5. The molecule has 0 bridgehead atoms. The van der Waals surface area contributed by atoms with Gasteiger partial charge in [-0.15, -0.1) is 0 Å². The molecule has 0 aliphatic carbocycles. The predicted octanol–water partition coefficient (Wildman–Crippen LogP) is 1.21. The number of carbonyl (C=O) groups excluding carboxylic acids is 1. The first-order valence-corrected chi connectivity index (χ1v) is 8.11. The first kappa shape index (κ1) is 16.8. The molecule has 1 saturated heterocycles. The van der Waals surface area contributed by atoms with Crippen LogP contribution in [0, 0.1) is 0 Å². The van der Waals surface area contributed by atoms with Crippen LogP contribution in [0.5, 0.6) is 0 Å². The standard InChI is InChI=1S/C15H27N5O2/c1-3-5-20-11-13(10-16-20)17-15(22)19-8-6-18(7-9-19)14(4-2)12-21/h10-11,14,21H,3-9,12H2,1-2H3,(H,17,22). The van der Waals surface area contributed by atoms with Gasteiger partial charge < -0.3 is 15.3 Å². The van der Waals surface area contributed by atoms with Crippen molar-refractivity contribution in [1.29, 1.82) is 0 Å². The predicted molar refractivity (Wildman–Crippen MR) is 85.8 cm³/mol. The number of hydrogen-bond acceptors (Lipinski definition) is 4. The van der Waals surface area contributed by atoms with E-state index in [1.54, 1.807) is 6.20 Å². The zero-order valence-electron chi connectivity index (χ0n) is 13.5. The summed E-state index contributed by atoms with van der Waals surface area (Å²) >= 11 is 0. The van der Waals surface area contributed by atoms with E-state index in [2.05, 4.69) is 29.2 Å². The molecular formula is C15H27N5O2. The summed E-state index contributed by atoms with van der Waals surface area (Å²) in [4.78, 5) is 16.3. The average Bonchev–Trinajstić information content (AvgIpc) is 2.97. The molecule has 2 rings (SSSR count). The Morgan fingerprint density at radius 1 is 1.36 bits per heavy atom. The number of nitrogens with zero attached hydrogens (tertiary/aromatic N) is 4. The van der Waals surface area contributed by atoms with Gasteiger partial charge in [0.25, 0.3) is 0 Å². The number of hydrogen-bond donors (Lipinski definition) is 2. The SMILES string of the molecule is CCCn1cc(NC(=O)N2CCN(C(CC)CO)CC2)cn1.